The first-order valence-corrected chi connectivity index (χ1v) is 9.58. The molecule has 2 aromatic carbocycles. The lowest BCUT2D eigenvalue weighted by Gasteiger charge is -2.22. The largest absolute Gasteiger partial charge is 0.308 e. The van der Waals surface area contributed by atoms with Crippen molar-refractivity contribution in [1.29, 1.82) is 0 Å². The van der Waals surface area contributed by atoms with Gasteiger partial charge in [-0.3, -0.25) is 9.69 Å². The first-order valence-electron chi connectivity index (χ1n) is 8.77. The Morgan fingerprint density at radius 3 is 2.41 bits per heavy atom. The number of nitrogens with zero attached hydrogens (tertiary/aromatic N) is 3. The van der Waals surface area contributed by atoms with E-state index in [0.29, 0.717) is 6.54 Å². The molecule has 0 atom stereocenters. The van der Waals surface area contributed by atoms with E-state index < -0.39 is 0 Å². The summed E-state index contributed by atoms with van der Waals surface area (Å²) in [6.45, 7) is 7.53. The van der Waals surface area contributed by atoms with E-state index in [0.717, 1.165) is 38.6 Å². The van der Waals surface area contributed by atoms with Crippen molar-refractivity contribution in [2.75, 3.05) is 32.1 Å². The lowest BCUT2D eigenvalue weighted by Crippen LogP contribution is -2.37. The van der Waals surface area contributed by atoms with Crippen molar-refractivity contribution < 1.29 is 4.79 Å². The first-order chi connectivity index (χ1) is 12.4. The molecule has 0 radical (unpaired) electrons. The van der Waals surface area contributed by atoms with Crippen molar-refractivity contribution >= 4 is 45.0 Å². The third-order valence-electron chi connectivity index (χ3n) is 4.44. The van der Waals surface area contributed by atoms with Gasteiger partial charge in [-0.25, -0.2) is 4.98 Å². The molecule has 0 saturated heterocycles. The van der Waals surface area contributed by atoms with Crippen LogP contribution in [0.1, 0.15) is 27.0 Å². The Morgan fingerprint density at radius 2 is 1.74 bits per heavy atom. The minimum Gasteiger partial charge on any atom is -0.308 e. The van der Waals surface area contributed by atoms with Gasteiger partial charge in [0.25, 0.3) is 5.91 Å². The zero-order valence-electron chi connectivity index (χ0n) is 16.4. The summed E-state index contributed by atoms with van der Waals surface area (Å²) < 4.78 is 1.13. The molecule has 4 nitrogen and oxygen atoms in total. The molecule has 0 N–H and O–H groups in total. The fourth-order valence-electron chi connectivity index (χ4n) is 3.02. The Hall–Kier alpha value is -1.95. The molecule has 27 heavy (non-hydrogen) atoms. The fourth-order valence-corrected chi connectivity index (χ4v) is 4.18. The Balaban J connectivity index is 0.00000261. The zero-order chi connectivity index (χ0) is 18.8. The SMILES string of the molecule is Cc1cc(C)c2nc(N(CCN(C)C)C(=O)c3ccccc3C)sc2c1.Cl. The summed E-state index contributed by atoms with van der Waals surface area (Å²) >= 11 is 1.59. The molecule has 1 heterocycles. The predicted molar refractivity (Wildman–Crippen MR) is 118 cm³/mol. The van der Waals surface area contributed by atoms with E-state index in [-0.39, 0.29) is 18.3 Å². The van der Waals surface area contributed by atoms with Crippen LogP contribution in [-0.2, 0) is 0 Å². The van der Waals surface area contributed by atoms with E-state index in [1.165, 1.54) is 5.56 Å². The van der Waals surface area contributed by atoms with Gasteiger partial charge in [0.15, 0.2) is 5.13 Å². The molecule has 0 aliphatic carbocycles. The molecule has 0 fully saturated rings. The van der Waals surface area contributed by atoms with E-state index in [2.05, 4.69) is 30.9 Å². The highest BCUT2D eigenvalue weighted by atomic mass is 35.5. The van der Waals surface area contributed by atoms with Gasteiger partial charge in [0.1, 0.15) is 0 Å². The first kappa shape index (κ1) is 21.4. The van der Waals surface area contributed by atoms with Crippen LogP contribution in [0.2, 0.25) is 0 Å². The second-order valence-corrected chi connectivity index (χ2v) is 8.01. The average Bonchev–Trinajstić information content (AvgIpc) is 2.99. The van der Waals surface area contributed by atoms with Gasteiger partial charge in [-0.15, -0.1) is 12.4 Å². The number of aryl methyl sites for hydroxylation is 3. The fraction of sp³-hybridized carbons (Fsp3) is 0.333. The van der Waals surface area contributed by atoms with Gasteiger partial charge < -0.3 is 4.90 Å². The second-order valence-electron chi connectivity index (χ2n) is 7.00. The van der Waals surface area contributed by atoms with Crippen LogP contribution in [-0.4, -0.2) is 43.0 Å². The van der Waals surface area contributed by atoms with Crippen LogP contribution in [0.5, 0.6) is 0 Å². The quantitative estimate of drug-likeness (QED) is 0.610. The van der Waals surface area contributed by atoms with E-state index in [4.69, 9.17) is 4.98 Å². The van der Waals surface area contributed by atoms with Crippen LogP contribution < -0.4 is 4.90 Å². The standard InChI is InChI=1S/C21H25N3OS.ClH/c1-14-12-16(3)19-18(13-14)26-21(22-19)24(11-10-23(4)5)20(25)17-9-7-6-8-15(17)2;/h6-9,12-13H,10-11H2,1-5H3;1H. The van der Waals surface area contributed by atoms with Gasteiger partial charge in [0, 0.05) is 18.7 Å². The number of fused-ring (bicyclic) bond motifs is 1. The molecular formula is C21H26ClN3OS. The second kappa shape index (κ2) is 8.83. The number of aromatic nitrogens is 1. The Labute approximate surface area is 171 Å². The summed E-state index contributed by atoms with van der Waals surface area (Å²) in [4.78, 5) is 22.0. The summed E-state index contributed by atoms with van der Waals surface area (Å²) in [7, 11) is 4.03. The van der Waals surface area contributed by atoms with Crippen molar-refractivity contribution in [1.82, 2.24) is 9.88 Å². The van der Waals surface area contributed by atoms with Gasteiger partial charge >= 0.3 is 0 Å². The molecule has 1 aromatic heterocycles. The van der Waals surface area contributed by atoms with Crippen LogP contribution in [0, 0.1) is 20.8 Å². The molecule has 0 unspecified atom stereocenters. The third kappa shape index (κ3) is 4.67. The smallest absolute Gasteiger partial charge is 0.260 e. The van der Waals surface area contributed by atoms with Crippen LogP contribution in [0.3, 0.4) is 0 Å². The Morgan fingerprint density at radius 1 is 1.04 bits per heavy atom. The maximum Gasteiger partial charge on any atom is 0.260 e. The number of halogens is 1. The summed E-state index contributed by atoms with van der Waals surface area (Å²) in [5.74, 6) is 0.0124. The lowest BCUT2D eigenvalue weighted by atomic mass is 10.1. The Kier molecular flexibility index (Phi) is 6.98. The summed E-state index contributed by atoms with van der Waals surface area (Å²) in [5, 5.41) is 0.767. The van der Waals surface area contributed by atoms with Gasteiger partial charge in [0.2, 0.25) is 0 Å². The van der Waals surface area contributed by atoms with Gasteiger partial charge in [-0.05, 0) is 63.7 Å². The minimum atomic E-state index is 0. The number of hydrogen-bond acceptors (Lipinski definition) is 4. The van der Waals surface area contributed by atoms with Crippen LogP contribution in [0.25, 0.3) is 10.2 Å². The maximum atomic E-state index is 13.3. The number of likely N-dealkylation sites (N-methyl/N-ethyl adjacent to an activating group) is 1. The topological polar surface area (TPSA) is 36.4 Å². The van der Waals surface area contributed by atoms with Crippen molar-refractivity contribution in [2.45, 2.75) is 20.8 Å². The average molecular weight is 404 g/mol. The van der Waals surface area contributed by atoms with Gasteiger partial charge in [-0.1, -0.05) is 35.6 Å². The lowest BCUT2D eigenvalue weighted by molar-refractivity contribution is 0.0984. The van der Waals surface area contributed by atoms with Gasteiger partial charge in [0.05, 0.1) is 10.2 Å². The number of benzene rings is 2. The number of anilines is 1. The highest BCUT2D eigenvalue weighted by molar-refractivity contribution is 7.22. The van der Waals surface area contributed by atoms with Crippen LogP contribution >= 0.6 is 23.7 Å². The number of carbonyl (C=O) groups excluding carboxylic acids is 1. The van der Waals surface area contributed by atoms with Crippen molar-refractivity contribution in [3.63, 3.8) is 0 Å². The molecule has 0 spiro atoms. The van der Waals surface area contributed by atoms with Gasteiger partial charge in [-0.2, -0.15) is 0 Å². The van der Waals surface area contributed by atoms with E-state index in [1.807, 2.05) is 50.2 Å². The zero-order valence-corrected chi connectivity index (χ0v) is 18.1. The molecule has 0 bridgehead atoms. The summed E-state index contributed by atoms with van der Waals surface area (Å²) in [6, 6.07) is 12.0. The minimum absolute atomic E-state index is 0. The molecule has 3 aromatic rings. The van der Waals surface area contributed by atoms with Crippen LogP contribution in [0.15, 0.2) is 36.4 Å². The van der Waals surface area contributed by atoms with E-state index in [1.54, 1.807) is 11.3 Å². The molecular weight excluding hydrogens is 378 g/mol. The molecule has 144 valence electrons. The molecule has 0 saturated carbocycles. The summed E-state index contributed by atoms with van der Waals surface area (Å²) in [5.41, 5.74) is 5.08. The van der Waals surface area contributed by atoms with Crippen molar-refractivity contribution in [3.8, 4) is 0 Å². The molecule has 1 amide bonds. The number of rotatable bonds is 5. The number of carbonyl (C=O) groups is 1. The summed E-state index contributed by atoms with van der Waals surface area (Å²) in [6.07, 6.45) is 0. The number of hydrogen-bond donors (Lipinski definition) is 0. The molecule has 3 rings (SSSR count). The highest BCUT2D eigenvalue weighted by Crippen LogP contribution is 2.32. The molecule has 0 aliphatic rings. The number of thiazole rings is 1. The van der Waals surface area contributed by atoms with Crippen molar-refractivity contribution in [2.24, 2.45) is 0 Å². The molecule has 6 heteroatoms. The predicted octanol–water partition coefficient (Wildman–Crippen LogP) is 4.85. The van der Waals surface area contributed by atoms with Crippen LogP contribution in [0.4, 0.5) is 5.13 Å². The monoisotopic (exact) mass is 403 g/mol. The van der Waals surface area contributed by atoms with Crippen molar-refractivity contribution in [3.05, 3.63) is 58.7 Å². The molecule has 0 aliphatic heterocycles. The number of amides is 1. The third-order valence-corrected chi connectivity index (χ3v) is 5.47. The highest BCUT2D eigenvalue weighted by Gasteiger charge is 2.23. The van der Waals surface area contributed by atoms with E-state index in [9.17, 15) is 4.79 Å². The van der Waals surface area contributed by atoms with E-state index >= 15 is 0 Å². The maximum absolute atomic E-state index is 13.3. The Bertz CT molecular complexity index is 952. The normalized spacial score (nSPS) is 10.9.